The molecule has 0 aromatic heterocycles. The zero-order valence-electron chi connectivity index (χ0n) is 11.9. The second-order valence-corrected chi connectivity index (χ2v) is 5.16. The Bertz CT molecular complexity index is 628. The van der Waals surface area contributed by atoms with E-state index in [1.165, 1.54) is 6.92 Å². The number of carbonyl (C=O) groups excluding carboxylic acids is 1. The van der Waals surface area contributed by atoms with E-state index in [2.05, 4.69) is 5.32 Å². The Morgan fingerprint density at radius 3 is 2.62 bits per heavy atom. The molecule has 0 fully saturated rings. The lowest BCUT2D eigenvalue weighted by Gasteiger charge is -2.17. The van der Waals surface area contributed by atoms with Gasteiger partial charge < -0.3 is 21.1 Å². The second kappa shape index (κ2) is 6.71. The number of nitrogens with two attached hydrogens (primary N) is 1. The number of amides is 1. The molecule has 0 unspecified atom stereocenters. The molecule has 0 bridgehead atoms. The first-order valence-electron chi connectivity index (χ1n) is 6.88. The van der Waals surface area contributed by atoms with Gasteiger partial charge in [0.2, 0.25) is 5.91 Å². The molecule has 0 spiro atoms. The molecule has 0 aliphatic heterocycles. The third kappa shape index (κ3) is 3.82. The summed E-state index contributed by atoms with van der Waals surface area (Å²) < 4.78 is 0. The van der Waals surface area contributed by atoms with Gasteiger partial charge >= 0.3 is 7.12 Å². The topological polar surface area (TPSA) is 95.6 Å². The number of benzene rings is 2. The molecule has 0 saturated heterocycles. The monoisotopic (exact) mass is 286 g/mol. The number of hydrogen-bond donors (Lipinski definition) is 4. The Morgan fingerprint density at radius 2 is 1.90 bits per heavy atom. The maximum atomic E-state index is 11.9. The van der Waals surface area contributed by atoms with Crippen molar-refractivity contribution < 1.29 is 14.8 Å². The number of fused-ring (bicyclic) bond motifs is 1. The molecule has 0 aliphatic carbocycles. The molecule has 0 heterocycles. The van der Waals surface area contributed by atoms with Crippen LogP contribution in [0.2, 0.25) is 0 Å². The highest BCUT2D eigenvalue weighted by atomic mass is 16.4. The highest BCUT2D eigenvalue weighted by Crippen LogP contribution is 2.19. The second-order valence-electron chi connectivity index (χ2n) is 5.16. The average molecular weight is 286 g/mol. The first-order valence-corrected chi connectivity index (χ1v) is 6.88. The summed E-state index contributed by atoms with van der Waals surface area (Å²) in [7, 11) is -1.60. The van der Waals surface area contributed by atoms with Crippen LogP contribution >= 0.6 is 0 Å². The van der Waals surface area contributed by atoms with E-state index in [4.69, 9.17) is 15.8 Å². The summed E-state index contributed by atoms with van der Waals surface area (Å²) in [5, 5.41) is 22.6. The molecule has 6 heteroatoms. The Balaban J connectivity index is 2.11. The van der Waals surface area contributed by atoms with E-state index in [0.29, 0.717) is 6.42 Å². The molecule has 0 aliphatic rings. The van der Waals surface area contributed by atoms with Gasteiger partial charge in [0.15, 0.2) is 0 Å². The van der Waals surface area contributed by atoms with Crippen LogP contribution in [0.3, 0.4) is 0 Å². The molecular weight excluding hydrogens is 267 g/mol. The van der Waals surface area contributed by atoms with Gasteiger partial charge in [-0.3, -0.25) is 4.79 Å². The van der Waals surface area contributed by atoms with Gasteiger partial charge in [-0.05, 0) is 29.7 Å². The highest BCUT2D eigenvalue weighted by molar-refractivity contribution is 6.43. The Labute approximate surface area is 123 Å². The molecule has 2 rings (SSSR count). The van der Waals surface area contributed by atoms with E-state index < -0.39 is 25.0 Å². The molecule has 110 valence electrons. The summed E-state index contributed by atoms with van der Waals surface area (Å²) in [4.78, 5) is 11.9. The SMILES string of the molecule is C[C@H](NC(=O)[C@@H](N)Cc1cccc2ccccc12)B(O)O. The Morgan fingerprint density at radius 1 is 1.24 bits per heavy atom. The molecule has 5 nitrogen and oxygen atoms in total. The van der Waals surface area contributed by atoms with Crippen LogP contribution < -0.4 is 11.1 Å². The van der Waals surface area contributed by atoms with Gasteiger partial charge in [-0.1, -0.05) is 42.5 Å². The van der Waals surface area contributed by atoms with Crippen molar-refractivity contribution in [2.45, 2.75) is 25.3 Å². The van der Waals surface area contributed by atoms with E-state index in [0.717, 1.165) is 16.3 Å². The number of carbonyl (C=O) groups is 1. The minimum Gasteiger partial charge on any atom is -0.426 e. The zero-order chi connectivity index (χ0) is 15.4. The van der Waals surface area contributed by atoms with Gasteiger partial charge in [0.25, 0.3) is 0 Å². The predicted octanol–water partition coefficient (Wildman–Crippen LogP) is 0.226. The molecule has 2 atom stereocenters. The summed E-state index contributed by atoms with van der Waals surface area (Å²) in [6, 6.07) is 13.1. The molecular formula is C15H19BN2O3. The molecule has 0 radical (unpaired) electrons. The van der Waals surface area contributed by atoms with E-state index >= 15 is 0 Å². The minimum atomic E-state index is -1.60. The third-order valence-electron chi connectivity index (χ3n) is 3.47. The summed E-state index contributed by atoms with van der Waals surface area (Å²) in [5.41, 5.74) is 6.91. The van der Waals surface area contributed by atoms with E-state index in [-0.39, 0.29) is 0 Å². The molecule has 2 aromatic carbocycles. The Kier molecular flexibility index (Phi) is 4.96. The van der Waals surface area contributed by atoms with Crippen molar-refractivity contribution in [3.8, 4) is 0 Å². The summed E-state index contributed by atoms with van der Waals surface area (Å²) in [6.45, 7) is 1.51. The molecule has 2 aromatic rings. The van der Waals surface area contributed by atoms with Crippen molar-refractivity contribution in [2.75, 3.05) is 0 Å². The Hall–Kier alpha value is -1.89. The lowest BCUT2D eigenvalue weighted by Crippen LogP contribution is -2.50. The maximum Gasteiger partial charge on any atom is 0.475 e. The van der Waals surface area contributed by atoms with Crippen LogP contribution in [-0.2, 0) is 11.2 Å². The van der Waals surface area contributed by atoms with Crippen LogP contribution in [0.25, 0.3) is 10.8 Å². The van der Waals surface area contributed by atoms with Crippen molar-refractivity contribution in [1.29, 1.82) is 0 Å². The van der Waals surface area contributed by atoms with Crippen LogP contribution in [0.5, 0.6) is 0 Å². The number of rotatable bonds is 5. The highest BCUT2D eigenvalue weighted by Gasteiger charge is 2.23. The molecule has 1 amide bonds. The largest absolute Gasteiger partial charge is 0.475 e. The molecule has 21 heavy (non-hydrogen) atoms. The minimum absolute atomic E-state index is 0.390. The summed E-state index contributed by atoms with van der Waals surface area (Å²) in [6.07, 6.45) is 0.390. The van der Waals surface area contributed by atoms with E-state index in [9.17, 15) is 4.79 Å². The maximum absolute atomic E-state index is 11.9. The first-order chi connectivity index (χ1) is 9.99. The standard InChI is InChI=1S/C15H19BN2O3/c1-10(16(20)21)18-15(19)14(17)9-12-7-4-6-11-5-2-3-8-13(11)12/h2-8,10,14,20-21H,9,17H2,1H3,(H,18,19)/t10-,14-/m0/s1. The van der Waals surface area contributed by atoms with Gasteiger partial charge in [-0.15, -0.1) is 0 Å². The summed E-state index contributed by atoms with van der Waals surface area (Å²) >= 11 is 0. The van der Waals surface area contributed by atoms with Gasteiger partial charge in [0, 0.05) is 0 Å². The van der Waals surface area contributed by atoms with Crippen molar-refractivity contribution in [1.82, 2.24) is 5.32 Å². The smallest absolute Gasteiger partial charge is 0.426 e. The average Bonchev–Trinajstić information content (AvgIpc) is 2.47. The zero-order valence-corrected chi connectivity index (χ0v) is 11.9. The van der Waals surface area contributed by atoms with Gasteiger partial charge in [0.1, 0.15) is 0 Å². The van der Waals surface area contributed by atoms with Crippen molar-refractivity contribution in [3.63, 3.8) is 0 Å². The number of hydrogen-bond acceptors (Lipinski definition) is 4. The summed E-state index contributed by atoms with van der Waals surface area (Å²) in [5.74, 6) is -1.15. The third-order valence-corrected chi connectivity index (χ3v) is 3.47. The molecule has 0 saturated carbocycles. The van der Waals surface area contributed by atoms with Gasteiger partial charge in [-0.25, -0.2) is 0 Å². The van der Waals surface area contributed by atoms with E-state index in [1.54, 1.807) is 0 Å². The van der Waals surface area contributed by atoms with Crippen LogP contribution in [0.15, 0.2) is 42.5 Å². The van der Waals surface area contributed by atoms with Crippen molar-refractivity contribution in [3.05, 3.63) is 48.0 Å². The van der Waals surface area contributed by atoms with E-state index in [1.807, 2.05) is 42.5 Å². The van der Waals surface area contributed by atoms with Crippen LogP contribution in [0.4, 0.5) is 0 Å². The fraction of sp³-hybridized carbons (Fsp3) is 0.267. The fourth-order valence-electron chi connectivity index (χ4n) is 2.21. The van der Waals surface area contributed by atoms with Crippen molar-refractivity contribution in [2.24, 2.45) is 5.73 Å². The quantitative estimate of drug-likeness (QED) is 0.591. The lowest BCUT2D eigenvalue weighted by atomic mass is 9.81. The van der Waals surface area contributed by atoms with Crippen LogP contribution in [0, 0.1) is 0 Å². The van der Waals surface area contributed by atoms with Crippen LogP contribution in [0.1, 0.15) is 12.5 Å². The van der Waals surface area contributed by atoms with Gasteiger partial charge in [0.05, 0.1) is 12.0 Å². The van der Waals surface area contributed by atoms with Crippen LogP contribution in [-0.4, -0.2) is 35.1 Å². The van der Waals surface area contributed by atoms with Gasteiger partial charge in [-0.2, -0.15) is 0 Å². The number of nitrogens with one attached hydrogen (secondary N) is 1. The predicted molar refractivity (Wildman–Crippen MR) is 83.4 cm³/mol. The normalized spacial score (nSPS) is 13.7. The lowest BCUT2D eigenvalue weighted by molar-refractivity contribution is -0.122. The van der Waals surface area contributed by atoms with Crippen molar-refractivity contribution >= 4 is 23.8 Å². The fourth-order valence-corrected chi connectivity index (χ4v) is 2.21. The molecule has 5 N–H and O–H groups in total. The first kappa shape index (κ1) is 15.5.